The third-order valence-corrected chi connectivity index (χ3v) is 5.47. The maximum Gasteiger partial charge on any atom is 0.303 e. The van der Waals surface area contributed by atoms with Crippen LogP contribution in [0.25, 0.3) is 22.3 Å². The lowest BCUT2D eigenvalue weighted by molar-refractivity contribution is -0.272. The number of rotatable bonds is 4. The summed E-state index contributed by atoms with van der Waals surface area (Å²) in [6.45, 7) is 2.58. The SMILES string of the molecule is CC(=O)OC1C(C)OC(Oc2c(-c3ccc(O)c(O)c3)oc3cc(O)cc(O)c3c2=O)C(O)C1O. The van der Waals surface area contributed by atoms with Crippen molar-refractivity contribution in [2.45, 2.75) is 44.6 Å². The third kappa shape index (κ3) is 4.41. The van der Waals surface area contributed by atoms with Gasteiger partial charge in [-0.3, -0.25) is 9.59 Å². The molecule has 0 bridgehead atoms. The third-order valence-electron chi connectivity index (χ3n) is 5.47. The van der Waals surface area contributed by atoms with Crippen LogP contribution in [-0.4, -0.2) is 67.3 Å². The number of benzene rings is 2. The molecule has 35 heavy (non-hydrogen) atoms. The first kappa shape index (κ1) is 24.1. The Morgan fingerprint density at radius 3 is 2.34 bits per heavy atom. The van der Waals surface area contributed by atoms with Crippen LogP contribution in [0.5, 0.6) is 28.7 Å². The molecule has 1 aliphatic heterocycles. The number of aliphatic hydroxyl groups is 2. The number of phenolic OH excluding ortho intramolecular Hbond substituents is 4. The van der Waals surface area contributed by atoms with Gasteiger partial charge in [-0.25, -0.2) is 0 Å². The highest BCUT2D eigenvalue weighted by atomic mass is 16.7. The molecular weight excluding hydrogens is 468 g/mol. The molecule has 6 N–H and O–H groups in total. The van der Waals surface area contributed by atoms with E-state index in [1.165, 1.54) is 13.0 Å². The molecule has 1 aliphatic rings. The summed E-state index contributed by atoms with van der Waals surface area (Å²) in [6.07, 6.45) is -7.22. The van der Waals surface area contributed by atoms with Crippen LogP contribution in [-0.2, 0) is 14.3 Å². The van der Waals surface area contributed by atoms with Gasteiger partial charge in [-0.15, -0.1) is 0 Å². The minimum atomic E-state index is -1.78. The Kier molecular flexibility index (Phi) is 6.19. The fourth-order valence-corrected chi connectivity index (χ4v) is 3.80. The van der Waals surface area contributed by atoms with Crippen LogP contribution in [0.2, 0.25) is 0 Å². The zero-order chi connectivity index (χ0) is 25.6. The second-order valence-corrected chi connectivity index (χ2v) is 8.01. The van der Waals surface area contributed by atoms with E-state index in [4.69, 9.17) is 18.6 Å². The van der Waals surface area contributed by atoms with Crippen LogP contribution in [0.3, 0.4) is 0 Å². The minimum Gasteiger partial charge on any atom is -0.508 e. The fourth-order valence-electron chi connectivity index (χ4n) is 3.80. The van der Waals surface area contributed by atoms with E-state index in [1.807, 2.05) is 0 Å². The van der Waals surface area contributed by atoms with Gasteiger partial charge in [0.1, 0.15) is 34.7 Å². The maximum atomic E-state index is 13.4. The van der Waals surface area contributed by atoms with Gasteiger partial charge in [0.25, 0.3) is 0 Å². The Morgan fingerprint density at radius 2 is 1.69 bits per heavy atom. The Bertz CT molecular complexity index is 1350. The van der Waals surface area contributed by atoms with E-state index in [0.29, 0.717) is 0 Å². The number of aliphatic hydroxyl groups excluding tert-OH is 2. The van der Waals surface area contributed by atoms with Crippen molar-refractivity contribution in [2.24, 2.45) is 0 Å². The predicted molar refractivity (Wildman–Crippen MR) is 117 cm³/mol. The first-order chi connectivity index (χ1) is 16.5. The number of hydrogen-bond acceptors (Lipinski definition) is 12. The topological polar surface area (TPSA) is 196 Å². The van der Waals surface area contributed by atoms with Crippen molar-refractivity contribution in [3.8, 4) is 40.1 Å². The molecule has 0 saturated carbocycles. The summed E-state index contributed by atoms with van der Waals surface area (Å²) in [5.41, 5.74) is -1.10. The van der Waals surface area contributed by atoms with Gasteiger partial charge >= 0.3 is 5.97 Å². The molecule has 0 amide bonds. The molecule has 1 saturated heterocycles. The Labute approximate surface area is 196 Å². The summed E-state index contributed by atoms with van der Waals surface area (Å²) < 4.78 is 21.9. The lowest BCUT2D eigenvalue weighted by atomic mass is 9.99. The van der Waals surface area contributed by atoms with E-state index in [-0.39, 0.29) is 22.3 Å². The lowest BCUT2D eigenvalue weighted by Crippen LogP contribution is -2.59. The zero-order valence-corrected chi connectivity index (χ0v) is 18.4. The molecule has 3 aromatic rings. The van der Waals surface area contributed by atoms with Gasteiger partial charge < -0.3 is 49.3 Å². The van der Waals surface area contributed by atoms with E-state index in [0.717, 1.165) is 31.2 Å². The van der Waals surface area contributed by atoms with Crippen LogP contribution >= 0.6 is 0 Å². The number of carbonyl (C=O) groups excluding carboxylic acids is 1. The van der Waals surface area contributed by atoms with Gasteiger partial charge in [-0.05, 0) is 25.1 Å². The van der Waals surface area contributed by atoms with E-state index >= 15 is 0 Å². The molecule has 0 radical (unpaired) electrons. The van der Waals surface area contributed by atoms with Crippen LogP contribution in [0.4, 0.5) is 0 Å². The Hall–Kier alpha value is -4.00. The van der Waals surface area contributed by atoms with Crippen LogP contribution in [0, 0.1) is 0 Å². The maximum absolute atomic E-state index is 13.4. The molecule has 5 atom stereocenters. The van der Waals surface area contributed by atoms with Crippen LogP contribution in [0.15, 0.2) is 39.5 Å². The van der Waals surface area contributed by atoms with Gasteiger partial charge in [-0.1, -0.05) is 0 Å². The molecule has 0 spiro atoms. The smallest absolute Gasteiger partial charge is 0.303 e. The highest BCUT2D eigenvalue weighted by Gasteiger charge is 2.46. The summed E-state index contributed by atoms with van der Waals surface area (Å²) in [7, 11) is 0. The molecule has 12 heteroatoms. The molecule has 4 rings (SSSR count). The van der Waals surface area contributed by atoms with Crippen molar-refractivity contribution < 1.29 is 54.1 Å². The van der Waals surface area contributed by atoms with Crippen molar-refractivity contribution in [3.05, 3.63) is 40.6 Å². The first-order valence-corrected chi connectivity index (χ1v) is 10.4. The number of hydrogen-bond donors (Lipinski definition) is 6. The van der Waals surface area contributed by atoms with Gasteiger partial charge in [-0.2, -0.15) is 0 Å². The monoisotopic (exact) mass is 490 g/mol. The van der Waals surface area contributed by atoms with Crippen LogP contribution < -0.4 is 10.2 Å². The van der Waals surface area contributed by atoms with E-state index in [1.54, 1.807) is 0 Å². The van der Waals surface area contributed by atoms with Crippen LogP contribution in [0.1, 0.15) is 13.8 Å². The molecule has 1 aromatic heterocycles. The molecule has 5 unspecified atom stereocenters. The van der Waals surface area contributed by atoms with Gasteiger partial charge in [0.15, 0.2) is 23.4 Å². The molecule has 12 nitrogen and oxygen atoms in total. The van der Waals surface area contributed by atoms with Crippen molar-refractivity contribution in [2.75, 3.05) is 0 Å². The van der Waals surface area contributed by atoms with Crippen molar-refractivity contribution in [1.29, 1.82) is 0 Å². The first-order valence-electron chi connectivity index (χ1n) is 10.4. The molecule has 2 aromatic carbocycles. The lowest BCUT2D eigenvalue weighted by Gasteiger charge is -2.40. The quantitative estimate of drug-likeness (QED) is 0.225. The fraction of sp³-hybridized carbons (Fsp3) is 0.304. The second kappa shape index (κ2) is 8.98. The van der Waals surface area contributed by atoms with E-state index < -0.39 is 70.9 Å². The number of esters is 1. The standard InChI is InChI=1S/C23H22O12/c1-8-20(33-9(2)24)18(30)19(31)23(32-8)35-22-17(29)16-14(28)6-11(25)7-15(16)34-21(22)10-3-4-12(26)13(27)5-10/h3-8,18-20,23,25-28,30-31H,1-2H3. The number of phenols is 4. The van der Waals surface area contributed by atoms with Gasteiger partial charge in [0, 0.05) is 24.6 Å². The summed E-state index contributed by atoms with van der Waals surface area (Å²) in [5, 5.41) is 60.3. The second-order valence-electron chi connectivity index (χ2n) is 8.01. The molecule has 2 heterocycles. The molecule has 0 aliphatic carbocycles. The summed E-state index contributed by atoms with van der Waals surface area (Å²) >= 11 is 0. The number of fused-ring (bicyclic) bond motifs is 1. The predicted octanol–water partition coefficient (Wildman–Crippen LogP) is 1.06. The van der Waals surface area contributed by atoms with Gasteiger partial charge in [0.2, 0.25) is 17.5 Å². The van der Waals surface area contributed by atoms with Gasteiger partial charge in [0.05, 0.1) is 6.10 Å². The summed E-state index contributed by atoms with van der Waals surface area (Å²) in [4.78, 5) is 24.7. The average molecular weight is 490 g/mol. The zero-order valence-electron chi connectivity index (χ0n) is 18.4. The number of ether oxygens (including phenoxy) is 3. The molecule has 1 fully saturated rings. The molecule has 186 valence electrons. The Morgan fingerprint density at radius 1 is 0.971 bits per heavy atom. The summed E-state index contributed by atoms with van der Waals surface area (Å²) in [6, 6.07) is 5.48. The average Bonchev–Trinajstić information content (AvgIpc) is 2.77. The highest BCUT2D eigenvalue weighted by Crippen LogP contribution is 2.39. The largest absolute Gasteiger partial charge is 0.508 e. The van der Waals surface area contributed by atoms with Crippen molar-refractivity contribution >= 4 is 16.9 Å². The van der Waals surface area contributed by atoms with E-state index in [9.17, 15) is 40.2 Å². The Balaban J connectivity index is 1.84. The molecular formula is C23H22O12. The minimum absolute atomic E-state index is 0.0498. The van der Waals surface area contributed by atoms with Crippen molar-refractivity contribution in [3.63, 3.8) is 0 Å². The summed E-state index contributed by atoms with van der Waals surface area (Å²) in [5.74, 6) is -3.59. The highest BCUT2D eigenvalue weighted by molar-refractivity contribution is 5.88. The van der Waals surface area contributed by atoms with E-state index in [2.05, 4.69) is 0 Å². The van der Waals surface area contributed by atoms with Crippen molar-refractivity contribution in [1.82, 2.24) is 0 Å². The number of carbonyl (C=O) groups is 1. The number of aromatic hydroxyl groups is 4. The normalized spacial score (nSPS) is 24.3.